The molecule has 4 heteroatoms. The molecule has 220 valence electrons. The number of para-hydroxylation sites is 2. The fourth-order valence-electron chi connectivity index (χ4n) is 7.58. The second-order valence-electron chi connectivity index (χ2n) is 12.3. The Kier molecular flexibility index (Phi) is 5.55. The van der Waals surface area contributed by atoms with Crippen LogP contribution in [0, 0.1) is 0 Å². The van der Waals surface area contributed by atoms with Crippen molar-refractivity contribution in [3.8, 4) is 0 Å². The van der Waals surface area contributed by atoms with Crippen LogP contribution in [0.2, 0.25) is 0 Å². The minimum absolute atomic E-state index is 0.790. The van der Waals surface area contributed by atoms with Gasteiger partial charge in [-0.15, -0.1) is 0 Å². The zero-order chi connectivity index (χ0) is 31.1. The molecule has 1 unspecified atom stereocenters. The minimum Gasteiger partial charge on any atom is -0.309 e. The summed E-state index contributed by atoms with van der Waals surface area (Å²) in [6.45, 7) is 0. The summed E-state index contributed by atoms with van der Waals surface area (Å²) in [5.74, 6) is 0. The molecule has 0 bridgehead atoms. The van der Waals surface area contributed by atoms with E-state index in [1.54, 1.807) is 0 Å². The molecule has 0 N–H and O–H groups in total. The van der Waals surface area contributed by atoms with Crippen molar-refractivity contribution in [2.24, 2.45) is 0 Å². The zero-order valence-electron chi connectivity index (χ0n) is 25.3. The molecule has 2 aromatic heterocycles. The third kappa shape index (κ3) is 3.75. The summed E-state index contributed by atoms with van der Waals surface area (Å²) in [5, 5.41) is 12.6. The molecule has 0 amide bonds. The largest absolute Gasteiger partial charge is 0.309 e. The maximum Gasteiger partial charge on any atom is 0.173 e. The van der Waals surface area contributed by atoms with E-state index in [4.69, 9.17) is 4.98 Å². The standard InChI is InChI=1S/C43H27N2OP/c46-47(32-23-22-28-10-1-2-12-30(28)26-32,33-24-25-35-31(27-33)21-20-29-11-3-4-13-34(29)35)41-19-9-17-39-42(41)45-40-18-8-7-15-37(40)36-14-5-6-16-38(36)43(45)44-39/h1-27H. The van der Waals surface area contributed by atoms with Gasteiger partial charge in [0.15, 0.2) is 7.14 Å². The van der Waals surface area contributed by atoms with Crippen LogP contribution in [0.25, 0.3) is 70.7 Å². The lowest BCUT2D eigenvalue weighted by molar-refractivity contribution is 0.592. The summed E-state index contributed by atoms with van der Waals surface area (Å²) >= 11 is 0. The topological polar surface area (TPSA) is 34.4 Å². The molecule has 3 nitrogen and oxygen atoms in total. The van der Waals surface area contributed by atoms with Crippen molar-refractivity contribution in [3.05, 3.63) is 164 Å². The van der Waals surface area contributed by atoms with Crippen LogP contribution < -0.4 is 15.9 Å². The lowest BCUT2D eigenvalue weighted by atomic mass is 10.0. The van der Waals surface area contributed by atoms with Gasteiger partial charge in [0.1, 0.15) is 5.65 Å². The molecule has 0 aliphatic heterocycles. The highest BCUT2D eigenvalue weighted by atomic mass is 31.2. The quantitative estimate of drug-likeness (QED) is 0.146. The Morgan fingerprint density at radius 2 is 1.04 bits per heavy atom. The van der Waals surface area contributed by atoms with Crippen LogP contribution in [-0.4, -0.2) is 9.38 Å². The van der Waals surface area contributed by atoms with Gasteiger partial charge in [0.2, 0.25) is 0 Å². The van der Waals surface area contributed by atoms with E-state index < -0.39 is 7.14 Å². The van der Waals surface area contributed by atoms with Crippen molar-refractivity contribution in [1.29, 1.82) is 0 Å². The number of fused-ring (bicyclic) bond motifs is 12. The van der Waals surface area contributed by atoms with E-state index in [9.17, 15) is 0 Å². The first-order valence-corrected chi connectivity index (χ1v) is 17.6. The molecule has 0 spiro atoms. The predicted octanol–water partition coefficient (Wildman–Crippen LogP) is 9.89. The van der Waals surface area contributed by atoms with Gasteiger partial charge < -0.3 is 4.57 Å². The van der Waals surface area contributed by atoms with E-state index in [-0.39, 0.29) is 0 Å². The highest BCUT2D eigenvalue weighted by Gasteiger charge is 2.34. The molecule has 0 aliphatic carbocycles. The molecular weight excluding hydrogens is 591 g/mol. The number of hydrogen-bond donors (Lipinski definition) is 0. The highest BCUT2D eigenvalue weighted by Crippen LogP contribution is 2.46. The number of aromatic nitrogens is 2. The normalized spacial score (nSPS) is 13.4. The van der Waals surface area contributed by atoms with E-state index in [1.807, 2.05) is 24.3 Å². The van der Waals surface area contributed by atoms with Crippen LogP contribution in [0.1, 0.15) is 0 Å². The van der Waals surface area contributed by atoms with Crippen LogP contribution in [-0.2, 0) is 4.57 Å². The maximum absolute atomic E-state index is 16.5. The molecule has 10 rings (SSSR count). The Hall–Kier alpha value is -5.76. The van der Waals surface area contributed by atoms with E-state index in [0.29, 0.717) is 0 Å². The smallest absolute Gasteiger partial charge is 0.173 e. The van der Waals surface area contributed by atoms with Gasteiger partial charge in [-0.1, -0.05) is 133 Å². The average Bonchev–Trinajstić information content (AvgIpc) is 3.55. The summed E-state index contributed by atoms with van der Waals surface area (Å²) in [4.78, 5) is 5.23. The molecule has 0 fully saturated rings. The van der Waals surface area contributed by atoms with Crippen LogP contribution in [0.15, 0.2) is 164 Å². The molecule has 10 aromatic rings. The number of hydrogen-bond acceptors (Lipinski definition) is 2. The fourth-order valence-corrected chi connectivity index (χ4v) is 10.5. The first-order valence-electron chi connectivity index (χ1n) is 15.9. The lowest BCUT2D eigenvalue weighted by Crippen LogP contribution is -2.26. The van der Waals surface area contributed by atoms with Crippen molar-refractivity contribution < 1.29 is 4.57 Å². The number of nitrogens with zero attached hydrogens (tertiary/aromatic N) is 2. The van der Waals surface area contributed by atoms with Crippen molar-refractivity contribution in [2.45, 2.75) is 0 Å². The number of pyridine rings is 1. The maximum atomic E-state index is 16.5. The molecule has 2 heterocycles. The van der Waals surface area contributed by atoms with Gasteiger partial charge in [-0.05, 0) is 68.0 Å². The van der Waals surface area contributed by atoms with Gasteiger partial charge in [-0.2, -0.15) is 0 Å². The molecule has 47 heavy (non-hydrogen) atoms. The summed E-state index contributed by atoms with van der Waals surface area (Å²) in [7, 11) is -3.46. The molecule has 0 saturated carbocycles. The van der Waals surface area contributed by atoms with Gasteiger partial charge in [-0.3, -0.25) is 4.40 Å². The van der Waals surface area contributed by atoms with Gasteiger partial charge in [0.05, 0.1) is 16.6 Å². The number of imidazole rings is 1. The highest BCUT2D eigenvalue weighted by molar-refractivity contribution is 7.85. The second-order valence-corrected chi connectivity index (χ2v) is 15.0. The van der Waals surface area contributed by atoms with Crippen molar-refractivity contribution in [3.63, 3.8) is 0 Å². The van der Waals surface area contributed by atoms with Crippen LogP contribution in [0.3, 0.4) is 0 Å². The van der Waals surface area contributed by atoms with E-state index >= 15 is 4.57 Å². The zero-order valence-corrected chi connectivity index (χ0v) is 26.2. The van der Waals surface area contributed by atoms with E-state index in [2.05, 4.69) is 144 Å². The first kappa shape index (κ1) is 26.5. The molecule has 8 aromatic carbocycles. The summed E-state index contributed by atoms with van der Waals surface area (Å²) in [5.41, 5.74) is 3.64. The fraction of sp³-hybridized carbons (Fsp3) is 0. The Balaban J connectivity index is 1.36. The Labute approximate surface area is 270 Å². The molecule has 0 aliphatic rings. The van der Waals surface area contributed by atoms with Gasteiger partial charge in [-0.25, -0.2) is 4.98 Å². The summed E-state index contributed by atoms with van der Waals surface area (Å²) < 4.78 is 18.7. The van der Waals surface area contributed by atoms with Crippen molar-refractivity contribution in [1.82, 2.24) is 9.38 Å². The van der Waals surface area contributed by atoms with Crippen LogP contribution >= 0.6 is 7.14 Å². The van der Waals surface area contributed by atoms with Crippen LogP contribution in [0.5, 0.6) is 0 Å². The first-order chi connectivity index (χ1) is 23.2. The molecular formula is C43H27N2OP. The summed E-state index contributed by atoms with van der Waals surface area (Å²) in [6, 6.07) is 56.7. The Morgan fingerprint density at radius 1 is 0.447 bits per heavy atom. The summed E-state index contributed by atoms with van der Waals surface area (Å²) in [6.07, 6.45) is 0. The van der Waals surface area contributed by atoms with E-state index in [0.717, 1.165) is 75.8 Å². The Bertz CT molecular complexity index is 2960. The van der Waals surface area contributed by atoms with Crippen LogP contribution in [0.4, 0.5) is 0 Å². The third-order valence-corrected chi connectivity index (χ3v) is 12.8. The Morgan fingerprint density at radius 3 is 1.89 bits per heavy atom. The predicted molar refractivity (Wildman–Crippen MR) is 200 cm³/mol. The number of benzene rings is 8. The molecule has 0 saturated heterocycles. The second kappa shape index (κ2) is 9.87. The molecule has 0 radical (unpaired) electrons. The SMILES string of the molecule is O=P(c1ccc2ccccc2c1)(c1ccc2c(ccc3ccccc32)c1)c1cccc2nc3c4ccccc4c4ccccc4n3c12. The van der Waals surface area contributed by atoms with Crippen molar-refractivity contribution >= 4 is 93.7 Å². The van der Waals surface area contributed by atoms with Gasteiger partial charge in [0.25, 0.3) is 0 Å². The third-order valence-electron chi connectivity index (χ3n) is 9.79. The number of rotatable bonds is 3. The average molecular weight is 619 g/mol. The minimum atomic E-state index is -3.46. The monoisotopic (exact) mass is 618 g/mol. The van der Waals surface area contributed by atoms with Gasteiger partial charge >= 0.3 is 0 Å². The lowest BCUT2D eigenvalue weighted by Gasteiger charge is -2.22. The van der Waals surface area contributed by atoms with Gasteiger partial charge in [0, 0.05) is 26.7 Å². The molecule has 1 atom stereocenters. The van der Waals surface area contributed by atoms with Crippen molar-refractivity contribution in [2.75, 3.05) is 0 Å². The van der Waals surface area contributed by atoms with E-state index in [1.165, 1.54) is 10.8 Å².